The molecule has 0 bridgehead atoms. The molecular weight excluding hydrogens is 949 g/mol. The molecule has 0 N–H and O–H groups in total. The van der Waals surface area contributed by atoms with Gasteiger partial charge in [0.25, 0.3) is 0 Å². The van der Waals surface area contributed by atoms with Gasteiger partial charge < -0.3 is 8.80 Å². The summed E-state index contributed by atoms with van der Waals surface area (Å²) in [6.07, 6.45) is 0. The topological polar surface area (TPSA) is 43.0 Å². The molecule has 2 aliphatic rings. The molecule has 0 aliphatic heterocycles. The second-order valence-electron chi connectivity index (χ2n) is 22.9. The van der Waals surface area contributed by atoms with Crippen molar-refractivity contribution in [2.75, 3.05) is 0 Å². The minimum Gasteiger partial charge on any atom is -0.308 e. The van der Waals surface area contributed by atoms with Gasteiger partial charge in [0.05, 0.1) is 54.7 Å². The number of pyridine rings is 2. The van der Waals surface area contributed by atoms with Gasteiger partial charge in [-0.3, -0.25) is 9.59 Å². The van der Waals surface area contributed by atoms with Crippen molar-refractivity contribution in [1.82, 2.24) is 8.80 Å². The van der Waals surface area contributed by atoms with Crippen LogP contribution in [0.1, 0.15) is 70.8 Å². The number of hydrogen-bond acceptors (Lipinski definition) is 2. The number of fused-ring (bicyclic) bond motifs is 16. The van der Waals surface area contributed by atoms with Gasteiger partial charge in [0.2, 0.25) is 0 Å². The number of para-hydroxylation sites is 2. The highest BCUT2D eigenvalue weighted by Crippen LogP contribution is 2.59. The predicted molar refractivity (Wildman–Crippen MR) is 322 cm³/mol. The van der Waals surface area contributed by atoms with Crippen molar-refractivity contribution in [1.29, 1.82) is 0 Å². The maximum Gasteiger partial charge on any atom is 0.197 e. The maximum absolute atomic E-state index is 16.7. The van der Waals surface area contributed by atoms with E-state index >= 15 is 9.59 Å². The molecule has 0 radical (unpaired) electrons. The first kappa shape index (κ1) is 43.6. The number of aromatic nitrogens is 2. The minimum atomic E-state index is -0.735. The smallest absolute Gasteiger partial charge is 0.197 e. The average Bonchev–Trinajstić information content (AvgIpc) is 3.56. The lowest BCUT2D eigenvalue weighted by molar-refractivity contribution is 0.600. The normalized spacial score (nSPS) is 14.4. The first-order valence-electron chi connectivity index (χ1n) is 27.2. The van der Waals surface area contributed by atoms with Crippen molar-refractivity contribution in [3.63, 3.8) is 0 Å². The van der Waals surface area contributed by atoms with Crippen molar-refractivity contribution in [3.8, 4) is 22.3 Å². The SMILES string of the molecule is CC(C)(C)c1c2c(=O)c3cc(C4(c5ccccc5)c5ccccc5-c5ccccc54)cc4c5ccccc5n(c2cc2c1c(=O)c1cc(C5(c6ccccc6)c6ccccc6-c6ccccc65)cc5c6ccccc6n2c15)c34. The van der Waals surface area contributed by atoms with E-state index in [1.165, 1.54) is 44.5 Å². The second-order valence-corrected chi connectivity index (χ2v) is 22.9. The summed E-state index contributed by atoms with van der Waals surface area (Å²) in [5.74, 6) is 0. The Morgan fingerprint density at radius 1 is 0.308 bits per heavy atom. The molecule has 0 saturated carbocycles. The summed E-state index contributed by atoms with van der Waals surface area (Å²) in [6.45, 7) is 6.50. The Morgan fingerprint density at radius 3 is 1.00 bits per heavy atom. The van der Waals surface area contributed by atoms with E-state index in [9.17, 15) is 0 Å². The highest BCUT2D eigenvalue weighted by molar-refractivity contribution is 6.22. The van der Waals surface area contributed by atoms with Gasteiger partial charge in [0, 0.05) is 32.3 Å². The molecular formula is C74H48N2O2. The van der Waals surface area contributed by atoms with Crippen LogP contribution in [0.4, 0.5) is 0 Å². The molecule has 4 aromatic heterocycles. The first-order chi connectivity index (χ1) is 38.2. The van der Waals surface area contributed by atoms with Gasteiger partial charge in [-0.05, 0) is 120 Å². The standard InChI is InChI=1S/C74H48N2O2/c1-72(2,3)67-65-63(75-61-36-20-14-30-51(61)53-38-45(40-55(68(53)75)70(65)77)73(43-22-6-4-7-23-43)57-32-16-10-26-47(57)48-27-11-17-33-58(48)73)42-64-66(67)71(78)56-41-46(39-54-52-31-15-21-37-62(52)76(64)69(54)56)74(44-24-8-5-9-25-44)59-34-18-12-28-49(59)50-29-13-19-35-60(50)74/h4-42H,1-3H3. The fraction of sp³-hybridized carbons (Fsp3) is 0.0811. The fourth-order valence-corrected chi connectivity index (χ4v) is 15.4. The van der Waals surface area contributed by atoms with Crippen LogP contribution in [0.5, 0.6) is 0 Å². The van der Waals surface area contributed by atoms with Crippen LogP contribution < -0.4 is 10.9 Å². The van der Waals surface area contributed by atoms with E-state index in [1.807, 2.05) is 0 Å². The molecule has 0 atom stereocenters. The Balaban J connectivity index is 1.06. The van der Waals surface area contributed by atoms with Gasteiger partial charge >= 0.3 is 0 Å². The van der Waals surface area contributed by atoms with Gasteiger partial charge in [-0.15, -0.1) is 0 Å². The first-order valence-corrected chi connectivity index (χ1v) is 27.2. The average molecular weight is 997 g/mol. The summed E-state index contributed by atoms with van der Waals surface area (Å²) in [6, 6.07) is 85.2. The van der Waals surface area contributed by atoms with E-state index < -0.39 is 16.2 Å². The number of nitrogens with zero attached hydrogens (tertiary/aromatic N) is 2. The van der Waals surface area contributed by atoms with E-state index in [0.717, 1.165) is 82.5 Å². The molecule has 4 heteroatoms. The van der Waals surface area contributed by atoms with E-state index in [0.29, 0.717) is 21.5 Å². The third-order valence-corrected chi connectivity index (χ3v) is 18.2. The van der Waals surface area contributed by atoms with Crippen LogP contribution in [0.3, 0.4) is 0 Å². The van der Waals surface area contributed by atoms with Crippen molar-refractivity contribution in [2.24, 2.45) is 0 Å². The Bertz CT molecular complexity index is 4820. The lowest BCUT2D eigenvalue weighted by Crippen LogP contribution is -2.29. The van der Waals surface area contributed by atoms with Crippen LogP contribution in [-0.2, 0) is 16.2 Å². The summed E-state index contributed by atoms with van der Waals surface area (Å²) < 4.78 is 4.68. The predicted octanol–water partition coefficient (Wildman–Crippen LogP) is 16.7. The minimum absolute atomic E-state index is 0.0697. The van der Waals surface area contributed by atoms with Crippen LogP contribution in [0.15, 0.2) is 246 Å². The monoisotopic (exact) mass is 996 g/mol. The van der Waals surface area contributed by atoms with Crippen LogP contribution in [0.2, 0.25) is 0 Å². The molecule has 11 aromatic carbocycles. The third kappa shape index (κ3) is 5.16. The fourth-order valence-electron chi connectivity index (χ4n) is 15.4. The molecule has 15 aromatic rings. The lowest BCUT2D eigenvalue weighted by atomic mass is 9.67. The molecule has 0 unspecified atom stereocenters. The van der Waals surface area contributed by atoms with Crippen molar-refractivity contribution < 1.29 is 0 Å². The molecule has 0 fully saturated rings. The van der Waals surface area contributed by atoms with Crippen LogP contribution in [0, 0.1) is 0 Å². The summed E-state index contributed by atoms with van der Waals surface area (Å²) in [5, 5.41) is 6.61. The Morgan fingerprint density at radius 2 is 0.628 bits per heavy atom. The van der Waals surface area contributed by atoms with Crippen LogP contribution >= 0.6 is 0 Å². The molecule has 4 nitrogen and oxygen atoms in total. The second kappa shape index (κ2) is 15.1. The Hall–Kier alpha value is -9.64. The molecule has 366 valence electrons. The molecule has 4 heterocycles. The molecule has 17 rings (SSSR count). The Kier molecular flexibility index (Phi) is 8.41. The maximum atomic E-state index is 16.7. The van der Waals surface area contributed by atoms with Gasteiger partial charge in [0.1, 0.15) is 0 Å². The van der Waals surface area contributed by atoms with E-state index in [4.69, 9.17) is 0 Å². The number of benzene rings is 11. The van der Waals surface area contributed by atoms with Crippen LogP contribution in [0.25, 0.3) is 98.4 Å². The summed E-state index contributed by atoms with van der Waals surface area (Å²) in [7, 11) is 0. The molecule has 2 aliphatic carbocycles. The largest absolute Gasteiger partial charge is 0.308 e. The van der Waals surface area contributed by atoms with Gasteiger partial charge in [-0.25, -0.2) is 0 Å². The van der Waals surface area contributed by atoms with E-state index in [-0.39, 0.29) is 10.9 Å². The molecule has 0 amide bonds. The summed E-state index contributed by atoms with van der Waals surface area (Å²) in [5.41, 5.74) is 17.7. The zero-order valence-corrected chi connectivity index (χ0v) is 43.2. The zero-order chi connectivity index (χ0) is 52.0. The number of rotatable bonds is 4. The highest BCUT2D eigenvalue weighted by atomic mass is 16.1. The molecule has 0 spiro atoms. The molecule has 0 saturated heterocycles. The lowest BCUT2D eigenvalue weighted by Gasteiger charge is -2.34. The summed E-state index contributed by atoms with van der Waals surface area (Å²) in [4.78, 5) is 33.3. The van der Waals surface area contributed by atoms with E-state index in [1.54, 1.807) is 0 Å². The highest BCUT2D eigenvalue weighted by Gasteiger charge is 2.48. The Labute approximate surface area is 449 Å². The van der Waals surface area contributed by atoms with Gasteiger partial charge in [-0.1, -0.05) is 215 Å². The van der Waals surface area contributed by atoms with Gasteiger partial charge in [0.15, 0.2) is 10.9 Å². The van der Waals surface area contributed by atoms with E-state index in [2.05, 4.69) is 266 Å². The van der Waals surface area contributed by atoms with Crippen molar-refractivity contribution in [3.05, 3.63) is 307 Å². The summed E-state index contributed by atoms with van der Waals surface area (Å²) >= 11 is 0. The molecule has 78 heavy (non-hydrogen) atoms. The zero-order valence-electron chi connectivity index (χ0n) is 43.2. The quantitative estimate of drug-likeness (QED) is 0.165. The number of hydrogen-bond donors (Lipinski definition) is 0. The van der Waals surface area contributed by atoms with Crippen LogP contribution in [-0.4, -0.2) is 8.80 Å². The van der Waals surface area contributed by atoms with Gasteiger partial charge in [-0.2, -0.15) is 0 Å². The van der Waals surface area contributed by atoms with Crippen molar-refractivity contribution in [2.45, 2.75) is 37.0 Å². The van der Waals surface area contributed by atoms with Crippen molar-refractivity contribution >= 4 is 76.2 Å². The third-order valence-electron chi connectivity index (χ3n) is 18.2.